The van der Waals surface area contributed by atoms with E-state index in [1.807, 2.05) is 6.20 Å². The largest absolute Gasteiger partial charge is 0.444 e. The first kappa shape index (κ1) is 10.7. The minimum absolute atomic E-state index is 0.265. The molecule has 0 bridgehead atoms. The quantitative estimate of drug-likeness (QED) is 0.826. The lowest BCUT2D eigenvalue weighted by molar-refractivity contribution is 0.348. The standard InChI is InChI=1S/C12H20N2O/c1-12(2,3)6-10-7-14-11(15-10)8-13-9-4-5-9/h7,9,13H,4-6,8H2,1-3H3. The highest BCUT2D eigenvalue weighted by Crippen LogP contribution is 2.22. The molecule has 0 amide bonds. The number of oxazole rings is 1. The molecule has 2 rings (SSSR count). The molecule has 84 valence electrons. The van der Waals surface area contributed by atoms with E-state index < -0.39 is 0 Å². The third-order valence-corrected chi connectivity index (χ3v) is 2.43. The molecule has 1 aromatic heterocycles. The Hall–Kier alpha value is -0.830. The molecule has 1 saturated carbocycles. The predicted octanol–water partition coefficient (Wildman–Crippen LogP) is 2.52. The van der Waals surface area contributed by atoms with Gasteiger partial charge in [-0.25, -0.2) is 4.98 Å². The van der Waals surface area contributed by atoms with Crippen LogP contribution in [0.4, 0.5) is 0 Å². The lowest BCUT2D eigenvalue weighted by Gasteiger charge is -2.15. The third kappa shape index (κ3) is 3.67. The summed E-state index contributed by atoms with van der Waals surface area (Å²) in [6.07, 6.45) is 5.41. The van der Waals surface area contributed by atoms with Crippen molar-refractivity contribution in [2.45, 2.75) is 52.6 Å². The van der Waals surface area contributed by atoms with Gasteiger partial charge in [0.15, 0.2) is 0 Å². The van der Waals surface area contributed by atoms with E-state index in [1.165, 1.54) is 12.8 Å². The van der Waals surface area contributed by atoms with Crippen molar-refractivity contribution in [1.29, 1.82) is 0 Å². The zero-order chi connectivity index (χ0) is 10.9. The number of hydrogen-bond acceptors (Lipinski definition) is 3. The lowest BCUT2D eigenvalue weighted by atomic mass is 9.91. The summed E-state index contributed by atoms with van der Waals surface area (Å²) in [4.78, 5) is 4.27. The van der Waals surface area contributed by atoms with Crippen molar-refractivity contribution < 1.29 is 4.42 Å². The van der Waals surface area contributed by atoms with E-state index in [0.29, 0.717) is 6.04 Å². The molecule has 1 aliphatic carbocycles. The van der Waals surface area contributed by atoms with Gasteiger partial charge in [0, 0.05) is 12.5 Å². The average Bonchev–Trinajstić information content (AvgIpc) is 2.83. The number of aromatic nitrogens is 1. The van der Waals surface area contributed by atoms with E-state index >= 15 is 0 Å². The van der Waals surface area contributed by atoms with Crippen LogP contribution in [-0.2, 0) is 13.0 Å². The fourth-order valence-electron chi connectivity index (χ4n) is 1.55. The van der Waals surface area contributed by atoms with Crippen LogP contribution in [0.2, 0.25) is 0 Å². The summed E-state index contributed by atoms with van der Waals surface area (Å²) in [5.74, 6) is 1.82. The number of rotatable bonds is 4. The Balaban J connectivity index is 1.85. The van der Waals surface area contributed by atoms with Crippen molar-refractivity contribution in [3.8, 4) is 0 Å². The highest BCUT2D eigenvalue weighted by atomic mass is 16.4. The van der Waals surface area contributed by atoms with Crippen LogP contribution >= 0.6 is 0 Å². The van der Waals surface area contributed by atoms with Crippen molar-refractivity contribution in [3.63, 3.8) is 0 Å². The van der Waals surface area contributed by atoms with Gasteiger partial charge in [0.25, 0.3) is 0 Å². The number of hydrogen-bond donors (Lipinski definition) is 1. The first-order chi connectivity index (χ1) is 7.03. The molecule has 1 aromatic rings. The fraction of sp³-hybridized carbons (Fsp3) is 0.750. The third-order valence-electron chi connectivity index (χ3n) is 2.43. The normalized spacial score (nSPS) is 17.0. The van der Waals surface area contributed by atoms with Crippen LogP contribution < -0.4 is 5.32 Å². The maximum absolute atomic E-state index is 5.66. The van der Waals surface area contributed by atoms with Gasteiger partial charge in [-0.3, -0.25) is 0 Å². The Morgan fingerprint density at radius 2 is 2.20 bits per heavy atom. The Morgan fingerprint density at radius 3 is 2.80 bits per heavy atom. The molecule has 1 N–H and O–H groups in total. The van der Waals surface area contributed by atoms with Crippen molar-refractivity contribution in [2.75, 3.05) is 0 Å². The minimum Gasteiger partial charge on any atom is -0.444 e. The number of nitrogens with one attached hydrogen (secondary N) is 1. The molecule has 0 unspecified atom stereocenters. The van der Waals surface area contributed by atoms with Gasteiger partial charge in [0.1, 0.15) is 5.76 Å². The lowest BCUT2D eigenvalue weighted by Crippen LogP contribution is -2.15. The molecule has 0 atom stereocenters. The summed E-state index contributed by atoms with van der Waals surface area (Å²) in [5, 5.41) is 3.39. The highest BCUT2D eigenvalue weighted by molar-refractivity contribution is 4.97. The molecule has 3 heteroatoms. The Morgan fingerprint density at radius 1 is 1.47 bits per heavy atom. The fourth-order valence-corrected chi connectivity index (χ4v) is 1.55. The van der Waals surface area contributed by atoms with Gasteiger partial charge in [-0.2, -0.15) is 0 Å². The van der Waals surface area contributed by atoms with Gasteiger partial charge in [-0.15, -0.1) is 0 Å². The molecule has 0 aromatic carbocycles. The van der Waals surface area contributed by atoms with E-state index in [4.69, 9.17) is 4.42 Å². The van der Waals surface area contributed by atoms with Gasteiger partial charge in [-0.05, 0) is 18.3 Å². The van der Waals surface area contributed by atoms with Crippen LogP contribution in [0.3, 0.4) is 0 Å². The molecule has 0 aliphatic heterocycles. The molecule has 1 heterocycles. The molecule has 15 heavy (non-hydrogen) atoms. The Labute approximate surface area is 91.3 Å². The Bertz CT molecular complexity index is 321. The van der Waals surface area contributed by atoms with E-state index in [0.717, 1.165) is 24.6 Å². The van der Waals surface area contributed by atoms with E-state index in [2.05, 4.69) is 31.1 Å². The molecule has 0 radical (unpaired) electrons. The van der Waals surface area contributed by atoms with Crippen LogP contribution in [0.15, 0.2) is 10.6 Å². The van der Waals surface area contributed by atoms with Crippen molar-refractivity contribution in [2.24, 2.45) is 5.41 Å². The summed E-state index contributed by atoms with van der Waals surface area (Å²) in [6, 6.07) is 0.711. The maximum Gasteiger partial charge on any atom is 0.208 e. The van der Waals surface area contributed by atoms with Gasteiger partial charge in [-0.1, -0.05) is 20.8 Å². The van der Waals surface area contributed by atoms with Crippen LogP contribution in [-0.4, -0.2) is 11.0 Å². The SMILES string of the molecule is CC(C)(C)Cc1cnc(CNC2CC2)o1. The molecular formula is C12H20N2O. The second-order valence-electron chi connectivity index (χ2n) is 5.61. The summed E-state index contributed by atoms with van der Waals surface area (Å²) < 4.78 is 5.66. The topological polar surface area (TPSA) is 38.1 Å². The van der Waals surface area contributed by atoms with Crippen LogP contribution in [0.5, 0.6) is 0 Å². The minimum atomic E-state index is 0.265. The van der Waals surface area contributed by atoms with Crippen LogP contribution in [0, 0.1) is 5.41 Å². The number of nitrogens with zero attached hydrogens (tertiary/aromatic N) is 1. The van der Waals surface area contributed by atoms with Crippen molar-refractivity contribution >= 4 is 0 Å². The molecule has 0 saturated heterocycles. The summed E-state index contributed by atoms with van der Waals surface area (Å²) >= 11 is 0. The summed E-state index contributed by atoms with van der Waals surface area (Å²) in [6.45, 7) is 7.39. The summed E-state index contributed by atoms with van der Waals surface area (Å²) in [7, 11) is 0. The Kier molecular flexibility index (Phi) is 2.83. The molecule has 3 nitrogen and oxygen atoms in total. The van der Waals surface area contributed by atoms with E-state index in [1.54, 1.807) is 0 Å². The second kappa shape index (κ2) is 3.97. The smallest absolute Gasteiger partial charge is 0.208 e. The highest BCUT2D eigenvalue weighted by Gasteiger charge is 2.21. The average molecular weight is 208 g/mol. The molecule has 1 aliphatic rings. The van der Waals surface area contributed by atoms with Crippen LogP contribution in [0.25, 0.3) is 0 Å². The maximum atomic E-state index is 5.66. The zero-order valence-corrected chi connectivity index (χ0v) is 9.84. The predicted molar refractivity (Wildman–Crippen MR) is 59.5 cm³/mol. The summed E-state index contributed by atoms with van der Waals surface area (Å²) in [5.41, 5.74) is 0.265. The van der Waals surface area contributed by atoms with Gasteiger partial charge in [0.2, 0.25) is 5.89 Å². The second-order valence-corrected chi connectivity index (χ2v) is 5.61. The van der Waals surface area contributed by atoms with Gasteiger partial charge >= 0.3 is 0 Å². The van der Waals surface area contributed by atoms with Crippen LogP contribution in [0.1, 0.15) is 45.3 Å². The monoisotopic (exact) mass is 208 g/mol. The van der Waals surface area contributed by atoms with E-state index in [9.17, 15) is 0 Å². The van der Waals surface area contributed by atoms with Gasteiger partial charge < -0.3 is 9.73 Å². The molecular weight excluding hydrogens is 188 g/mol. The molecule has 1 fully saturated rings. The van der Waals surface area contributed by atoms with Gasteiger partial charge in [0.05, 0.1) is 12.7 Å². The molecule has 0 spiro atoms. The van der Waals surface area contributed by atoms with Crippen molar-refractivity contribution in [3.05, 3.63) is 17.8 Å². The first-order valence-electron chi connectivity index (χ1n) is 5.70. The van der Waals surface area contributed by atoms with E-state index in [-0.39, 0.29) is 5.41 Å². The first-order valence-corrected chi connectivity index (χ1v) is 5.70. The zero-order valence-electron chi connectivity index (χ0n) is 9.84. The van der Waals surface area contributed by atoms with Crippen molar-refractivity contribution in [1.82, 2.24) is 10.3 Å².